The van der Waals surface area contributed by atoms with Crippen LogP contribution in [0.3, 0.4) is 0 Å². The number of aryl methyl sites for hydroxylation is 2. The molecule has 3 heterocycles. The summed E-state index contributed by atoms with van der Waals surface area (Å²) in [6.07, 6.45) is 1.00. The standard InChI is InChI=1S/C25H29N5O/c1-15-10-16(2)27-22(11-15)29-23-19-14-30(25(3,4)20(19)13-26-23)24(31)28-21-12-18(21)17-8-6-5-7-9-17/h5-11,18,21H,12-14H2,1-4H3,(H,28,31)(H,26,27,29)/t18-,21?/m1/s1. The summed E-state index contributed by atoms with van der Waals surface area (Å²) >= 11 is 0. The third-order valence-corrected chi connectivity index (χ3v) is 6.69. The molecule has 3 aliphatic rings. The summed E-state index contributed by atoms with van der Waals surface area (Å²) in [6.45, 7) is 9.47. The van der Waals surface area contributed by atoms with Crippen molar-refractivity contribution in [3.8, 4) is 0 Å². The fourth-order valence-corrected chi connectivity index (χ4v) is 4.87. The van der Waals surface area contributed by atoms with Crippen molar-refractivity contribution in [3.05, 3.63) is 70.4 Å². The van der Waals surface area contributed by atoms with Crippen LogP contribution >= 0.6 is 0 Å². The molecule has 1 unspecified atom stereocenters. The monoisotopic (exact) mass is 415 g/mol. The quantitative estimate of drug-likeness (QED) is 0.790. The second-order valence-electron chi connectivity index (χ2n) is 9.37. The Bertz CT molecular complexity index is 1080. The number of hydrogen-bond acceptors (Lipinski definition) is 4. The zero-order chi connectivity index (χ0) is 21.8. The minimum atomic E-state index is -0.362. The number of rotatable bonds is 3. The summed E-state index contributed by atoms with van der Waals surface area (Å²) in [5, 5.41) is 6.65. The predicted octanol–water partition coefficient (Wildman–Crippen LogP) is 4.18. The molecular formula is C25H29N5O. The van der Waals surface area contributed by atoms with Gasteiger partial charge in [0.1, 0.15) is 11.7 Å². The van der Waals surface area contributed by atoms with E-state index in [1.165, 1.54) is 11.1 Å². The number of urea groups is 1. The number of carbonyl (C=O) groups excluding carboxylic acids is 1. The van der Waals surface area contributed by atoms with E-state index in [-0.39, 0.29) is 17.6 Å². The van der Waals surface area contributed by atoms with Crippen molar-refractivity contribution in [2.75, 3.05) is 18.4 Å². The number of hydrogen-bond donors (Lipinski definition) is 2. The van der Waals surface area contributed by atoms with E-state index in [0.29, 0.717) is 19.0 Å². The maximum atomic E-state index is 13.2. The number of aliphatic imine (C=N–C) groups is 1. The summed E-state index contributed by atoms with van der Waals surface area (Å²) < 4.78 is 0. The van der Waals surface area contributed by atoms with E-state index in [0.717, 1.165) is 34.9 Å². The zero-order valence-corrected chi connectivity index (χ0v) is 18.6. The van der Waals surface area contributed by atoms with Crippen LogP contribution in [0.2, 0.25) is 0 Å². The molecule has 31 heavy (non-hydrogen) atoms. The molecular weight excluding hydrogens is 386 g/mol. The Balaban J connectivity index is 1.27. The van der Waals surface area contributed by atoms with Crippen LogP contribution in [0.1, 0.15) is 43.0 Å². The smallest absolute Gasteiger partial charge is 0.318 e. The second kappa shape index (κ2) is 7.22. The Morgan fingerprint density at radius 3 is 2.68 bits per heavy atom. The highest BCUT2D eigenvalue weighted by atomic mass is 16.2. The van der Waals surface area contributed by atoms with Gasteiger partial charge in [-0.05, 0) is 62.9 Å². The largest absolute Gasteiger partial charge is 0.335 e. The summed E-state index contributed by atoms with van der Waals surface area (Å²) in [4.78, 5) is 24.4. The molecule has 1 aromatic heterocycles. The van der Waals surface area contributed by atoms with Gasteiger partial charge in [0.15, 0.2) is 0 Å². The van der Waals surface area contributed by atoms with Crippen LogP contribution in [0, 0.1) is 13.8 Å². The molecule has 1 fully saturated rings. The highest BCUT2D eigenvalue weighted by Crippen LogP contribution is 2.42. The number of nitrogens with zero attached hydrogens (tertiary/aromatic N) is 3. The van der Waals surface area contributed by atoms with Crippen molar-refractivity contribution in [2.24, 2.45) is 4.99 Å². The van der Waals surface area contributed by atoms with Crippen molar-refractivity contribution in [1.29, 1.82) is 0 Å². The Hall–Kier alpha value is -3.15. The van der Waals surface area contributed by atoms with E-state index in [1.807, 2.05) is 24.0 Å². The van der Waals surface area contributed by atoms with E-state index in [4.69, 9.17) is 4.99 Å². The molecule has 2 atom stereocenters. The van der Waals surface area contributed by atoms with Crippen LogP contribution in [0.5, 0.6) is 0 Å². The van der Waals surface area contributed by atoms with Gasteiger partial charge in [-0.25, -0.2) is 9.78 Å². The van der Waals surface area contributed by atoms with Gasteiger partial charge in [-0.3, -0.25) is 4.99 Å². The fraction of sp³-hybridized carbons (Fsp3) is 0.400. The Labute approximate surface area is 183 Å². The average Bonchev–Trinajstić information content (AvgIpc) is 3.27. The highest BCUT2D eigenvalue weighted by Gasteiger charge is 2.47. The molecule has 0 saturated heterocycles. The van der Waals surface area contributed by atoms with Crippen LogP contribution in [-0.4, -0.2) is 46.4 Å². The first-order chi connectivity index (χ1) is 14.8. The number of pyridine rings is 1. The fourth-order valence-electron chi connectivity index (χ4n) is 4.87. The molecule has 0 bridgehead atoms. The van der Waals surface area contributed by atoms with Gasteiger partial charge in [-0.15, -0.1) is 0 Å². The molecule has 2 N–H and O–H groups in total. The number of carbonyl (C=O) groups is 1. The van der Waals surface area contributed by atoms with E-state index < -0.39 is 0 Å². The molecule has 2 amide bonds. The van der Waals surface area contributed by atoms with Crippen LogP contribution in [0.25, 0.3) is 0 Å². The molecule has 5 rings (SSSR count). The molecule has 1 aliphatic carbocycles. The first-order valence-corrected chi connectivity index (χ1v) is 11.0. The van der Waals surface area contributed by atoms with E-state index >= 15 is 0 Å². The summed E-state index contributed by atoms with van der Waals surface area (Å²) in [7, 11) is 0. The number of anilines is 1. The maximum absolute atomic E-state index is 13.2. The first kappa shape index (κ1) is 19.8. The Morgan fingerprint density at radius 1 is 1.16 bits per heavy atom. The highest BCUT2D eigenvalue weighted by molar-refractivity contribution is 6.11. The topological polar surface area (TPSA) is 69.6 Å². The van der Waals surface area contributed by atoms with Gasteiger partial charge in [0.2, 0.25) is 0 Å². The lowest BCUT2D eigenvalue weighted by atomic mass is 9.94. The van der Waals surface area contributed by atoms with Crippen LogP contribution < -0.4 is 10.6 Å². The van der Waals surface area contributed by atoms with Gasteiger partial charge in [0.05, 0.1) is 18.6 Å². The maximum Gasteiger partial charge on any atom is 0.318 e. The van der Waals surface area contributed by atoms with E-state index in [1.54, 1.807) is 0 Å². The van der Waals surface area contributed by atoms with Crippen LogP contribution in [-0.2, 0) is 0 Å². The lowest BCUT2D eigenvalue weighted by Gasteiger charge is -2.34. The van der Waals surface area contributed by atoms with Crippen LogP contribution in [0.15, 0.2) is 58.6 Å². The summed E-state index contributed by atoms with van der Waals surface area (Å²) in [6, 6.07) is 14.7. The first-order valence-electron chi connectivity index (χ1n) is 11.0. The van der Waals surface area contributed by atoms with Gasteiger partial charge in [0, 0.05) is 23.2 Å². The summed E-state index contributed by atoms with van der Waals surface area (Å²) in [5.41, 5.74) is 5.41. The molecule has 6 nitrogen and oxygen atoms in total. The lowest BCUT2D eigenvalue weighted by Crippen LogP contribution is -2.51. The summed E-state index contributed by atoms with van der Waals surface area (Å²) in [5.74, 6) is 2.06. The van der Waals surface area contributed by atoms with E-state index in [2.05, 4.69) is 66.7 Å². The molecule has 1 saturated carbocycles. The molecule has 1 aromatic carbocycles. The minimum absolute atomic E-state index is 0.00621. The second-order valence-corrected chi connectivity index (χ2v) is 9.37. The zero-order valence-electron chi connectivity index (χ0n) is 18.6. The van der Waals surface area contributed by atoms with E-state index in [9.17, 15) is 4.79 Å². The van der Waals surface area contributed by atoms with Gasteiger partial charge < -0.3 is 15.5 Å². The molecule has 0 spiro atoms. The van der Waals surface area contributed by atoms with Crippen molar-refractivity contribution in [3.63, 3.8) is 0 Å². The third kappa shape index (κ3) is 3.60. The van der Waals surface area contributed by atoms with Crippen molar-refractivity contribution >= 4 is 17.7 Å². The van der Waals surface area contributed by atoms with Crippen LogP contribution in [0.4, 0.5) is 10.6 Å². The molecule has 2 aliphatic heterocycles. The molecule has 160 valence electrons. The lowest BCUT2D eigenvalue weighted by molar-refractivity contribution is 0.170. The third-order valence-electron chi connectivity index (χ3n) is 6.69. The number of aromatic nitrogens is 1. The molecule has 6 heteroatoms. The normalized spacial score (nSPS) is 23.5. The van der Waals surface area contributed by atoms with Crippen molar-refractivity contribution < 1.29 is 4.79 Å². The molecule has 2 aromatic rings. The number of amidine groups is 1. The van der Waals surface area contributed by atoms with Gasteiger partial charge in [-0.2, -0.15) is 0 Å². The number of benzene rings is 1. The Morgan fingerprint density at radius 2 is 1.94 bits per heavy atom. The number of amides is 2. The minimum Gasteiger partial charge on any atom is -0.335 e. The van der Waals surface area contributed by atoms with Gasteiger partial charge >= 0.3 is 6.03 Å². The van der Waals surface area contributed by atoms with Gasteiger partial charge in [-0.1, -0.05) is 30.3 Å². The van der Waals surface area contributed by atoms with Crippen molar-refractivity contribution in [1.82, 2.24) is 15.2 Å². The molecule has 0 radical (unpaired) electrons. The SMILES string of the molecule is Cc1cc(C)nc(NC2=NCC3=C2CN(C(=O)NC2C[C@@H]2c2ccccc2)C3(C)C)c1. The number of nitrogens with one attached hydrogen (secondary N) is 2. The average molecular weight is 416 g/mol. The predicted molar refractivity (Wildman–Crippen MR) is 124 cm³/mol. The Kier molecular flexibility index (Phi) is 4.61. The van der Waals surface area contributed by atoms with Gasteiger partial charge in [0.25, 0.3) is 0 Å². The van der Waals surface area contributed by atoms with Crippen molar-refractivity contribution in [2.45, 2.75) is 51.6 Å².